The number of hydrogen-bond acceptors (Lipinski definition) is 6. The molecule has 9 nitrogen and oxygen atoms in total. The molecule has 0 spiro atoms. The first-order valence-electron chi connectivity index (χ1n) is 9.57. The van der Waals surface area contributed by atoms with Gasteiger partial charge in [0, 0.05) is 17.7 Å². The van der Waals surface area contributed by atoms with Crippen LogP contribution in [-0.2, 0) is 4.79 Å². The maximum Gasteiger partial charge on any atom is 0.287 e. The Morgan fingerprint density at radius 2 is 1.72 bits per heavy atom. The summed E-state index contributed by atoms with van der Waals surface area (Å²) in [5, 5.41) is 17.5. The molecule has 0 radical (unpaired) electrons. The molecule has 1 aromatic heterocycles. The van der Waals surface area contributed by atoms with Crippen LogP contribution in [0.2, 0.25) is 0 Å². The standard InChI is InChI=1S/C23H20N4O5/c1-15-8-13-21(32-15)16(2)25-26-23(29)20(24-22(28)18-6-4-3-5-7-18)14-17-9-11-19(12-10-17)27(30)31/h3-14H,1-2H3,(H,24,28)(H,26,29)/b20-14+,25-16-. The summed E-state index contributed by atoms with van der Waals surface area (Å²) in [7, 11) is 0. The van der Waals surface area contributed by atoms with E-state index in [4.69, 9.17) is 4.42 Å². The number of nitrogens with zero attached hydrogens (tertiary/aromatic N) is 2. The highest BCUT2D eigenvalue weighted by Gasteiger charge is 2.15. The molecule has 0 atom stereocenters. The predicted octanol–water partition coefficient (Wildman–Crippen LogP) is 3.81. The Morgan fingerprint density at radius 1 is 1.03 bits per heavy atom. The van der Waals surface area contributed by atoms with Crippen molar-refractivity contribution >= 4 is 29.3 Å². The number of hydrogen-bond donors (Lipinski definition) is 2. The van der Waals surface area contributed by atoms with Crippen LogP contribution in [0, 0.1) is 17.0 Å². The van der Waals surface area contributed by atoms with Crippen molar-refractivity contribution in [2.75, 3.05) is 0 Å². The van der Waals surface area contributed by atoms with Gasteiger partial charge in [-0.1, -0.05) is 18.2 Å². The summed E-state index contributed by atoms with van der Waals surface area (Å²) < 4.78 is 5.47. The van der Waals surface area contributed by atoms with Crippen molar-refractivity contribution in [3.63, 3.8) is 0 Å². The van der Waals surface area contributed by atoms with Crippen LogP contribution in [0.15, 0.2) is 81.9 Å². The highest BCUT2D eigenvalue weighted by Crippen LogP contribution is 2.14. The molecule has 3 rings (SSSR count). The summed E-state index contributed by atoms with van der Waals surface area (Å²) in [5.41, 5.74) is 3.51. The largest absolute Gasteiger partial charge is 0.460 e. The van der Waals surface area contributed by atoms with Crippen LogP contribution in [0.4, 0.5) is 5.69 Å². The first kappa shape index (κ1) is 22.2. The maximum absolute atomic E-state index is 12.8. The summed E-state index contributed by atoms with van der Waals surface area (Å²) in [6.07, 6.45) is 1.40. The van der Waals surface area contributed by atoms with Gasteiger partial charge in [-0.3, -0.25) is 19.7 Å². The van der Waals surface area contributed by atoms with Crippen molar-refractivity contribution < 1.29 is 18.9 Å². The van der Waals surface area contributed by atoms with Crippen LogP contribution in [0.3, 0.4) is 0 Å². The SMILES string of the molecule is C/C(=N/NC(=O)/C(=C\c1ccc([N+](=O)[O-])cc1)NC(=O)c1ccccc1)c1ccc(C)o1. The van der Waals surface area contributed by atoms with Crippen molar-refractivity contribution in [1.82, 2.24) is 10.7 Å². The third-order valence-corrected chi connectivity index (χ3v) is 4.37. The van der Waals surface area contributed by atoms with Gasteiger partial charge in [-0.15, -0.1) is 0 Å². The molecule has 2 amide bonds. The minimum atomic E-state index is -0.671. The Kier molecular flexibility index (Phi) is 6.92. The first-order valence-corrected chi connectivity index (χ1v) is 9.57. The van der Waals surface area contributed by atoms with Gasteiger partial charge < -0.3 is 9.73 Å². The third kappa shape index (κ3) is 5.76. The van der Waals surface area contributed by atoms with E-state index in [1.807, 2.05) is 0 Å². The number of benzene rings is 2. The number of non-ortho nitro benzene ring substituents is 1. The molecule has 9 heteroatoms. The van der Waals surface area contributed by atoms with Crippen molar-refractivity contribution in [3.8, 4) is 0 Å². The average molecular weight is 432 g/mol. The van der Waals surface area contributed by atoms with Crippen LogP contribution in [0.25, 0.3) is 6.08 Å². The van der Waals surface area contributed by atoms with Crippen LogP contribution < -0.4 is 10.7 Å². The molecule has 0 aliphatic heterocycles. The van der Waals surface area contributed by atoms with Gasteiger partial charge >= 0.3 is 0 Å². The smallest absolute Gasteiger partial charge is 0.287 e. The number of carbonyl (C=O) groups excluding carboxylic acids is 2. The number of carbonyl (C=O) groups is 2. The van der Waals surface area contributed by atoms with Gasteiger partial charge in [-0.05, 0) is 61.9 Å². The van der Waals surface area contributed by atoms with Gasteiger partial charge in [0.25, 0.3) is 17.5 Å². The second-order valence-electron chi connectivity index (χ2n) is 6.78. The van der Waals surface area contributed by atoms with E-state index in [0.29, 0.717) is 28.4 Å². The van der Waals surface area contributed by atoms with Crippen molar-refractivity contribution in [3.05, 3.63) is 105 Å². The van der Waals surface area contributed by atoms with Gasteiger partial charge in [0.2, 0.25) is 0 Å². The lowest BCUT2D eigenvalue weighted by Gasteiger charge is -2.09. The fourth-order valence-electron chi connectivity index (χ4n) is 2.68. The highest BCUT2D eigenvalue weighted by molar-refractivity contribution is 6.06. The first-order chi connectivity index (χ1) is 15.3. The lowest BCUT2D eigenvalue weighted by Crippen LogP contribution is -2.33. The topological polar surface area (TPSA) is 127 Å². The summed E-state index contributed by atoms with van der Waals surface area (Å²) in [6, 6.07) is 17.5. The van der Waals surface area contributed by atoms with E-state index in [1.165, 1.54) is 30.3 Å². The van der Waals surface area contributed by atoms with Gasteiger partial charge in [0.15, 0.2) is 0 Å². The molecule has 0 fully saturated rings. The monoisotopic (exact) mass is 432 g/mol. The van der Waals surface area contributed by atoms with Gasteiger partial charge in [-0.25, -0.2) is 5.43 Å². The number of hydrazone groups is 1. The number of amides is 2. The molecule has 0 aliphatic carbocycles. The van der Waals surface area contributed by atoms with E-state index in [-0.39, 0.29) is 11.4 Å². The van der Waals surface area contributed by atoms with Crippen LogP contribution >= 0.6 is 0 Å². The Morgan fingerprint density at radius 3 is 2.31 bits per heavy atom. The average Bonchev–Trinajstić information content (AvgIpc) is 3.24. The normalized spacial score (nSPS) is 11.7. The minimum Gasteiger partial charge on any atom is -0.460 e. The zero-order valence-electron chi connectivity index (χ0n) is 17.4. The summed E-state index contributed by atoms with van der Waals surface area (Å²) in [5.74, 6) is 0.0401. The predicted molar refractivity (Wildman–Crippen MR) is 119 cm³/mol. The molecular weight excluding hydrogens is 412 g/mol. The maximum atomic E-state index is 12.8. The molecular formula is C23H20N4O5. The molecule has 0 aliphatic rings. The van der Waals surface area contributed by atoms with Crippen LogP contribution in [0.5, 0.6) is 0 Å². The summed E-state index contributed by atoms with van der Waals surface area (Å²) >= 11 is 0. The molecule has 0 saturated heterocycles. The van der Waals surface area contributed by atoms with Crippen molar-refractivity contribution in [1.29, 1.82) is 0 Å². The van der Waals surface area contributed by atoms with Gasteiger partial charge in [0.05, 0.1) is 4.92 Å². The quantitative estimate of drug-likeness (QED) is 0.254. The van der Waals surface area contributed by atoms with Crippen LogP contribution in [0.1, 0.15) is 34.4 Å². The molecule has 2 N–H and O–H groups in total. The zero-order chi connectivity index (χ0) is 23.1. The molecule has 3 aromatic rings. The minimum absolute atomic E-state index is 0.0834. The second kappa shape index (κ2) is 9.98. The van der Waals surface area contributed by atoms with E-state index < -0.39 is 16.7 Å². The zero-order valence-corrected chi connectivity index (χ0v) is 17.4. The molecule has 32 heavy (non-hydrogen) atoms. The molecule has 1 heterocycles. The van der Waals surface area contributed by atoms with Crippen LogP contribution in [-0.4, -0.2) is 22.4 Å². The Hall–Kier alpha value is -4.53. The molecule has 162 valence electrons. The van der Waals surface area contributed by atoms with E-state index in [9.17, 15) is 19.7 Å². The number of nitro groups is 1. The fourth-order valence-corrected chi connectivity index (χ4v) is 2.68. The summed E-state index contributed by atoms with van der Waals surface area (Å²) in [6.45, 7) is 3.46. The highest BCUT2D eigenvalue weighted by atomic mass is 16.6. The molecule has 0 bridgehead atoms. The van der Waals surface area contributed by atoms with E-state index in [2.05, 4.69) is 15.8 Å². The van der Waals surface area contributed by atoms with E-state index >= 15 is 0 Å². The number of nitrogens with one attached hydrogen (secondary N) is 2. The van der Waals surface area contributed by atoms with E-state index in [1.54, 1.807) is 56.3 Å². The molecule has 0 unspecified atom stereocenters. The van der Waals surface area contributed by atoms with Crippen molar-refractivity contribution in [2.45, 2.75) is 13.8 Å². The number of rotatable bonds is 7. The lowest BCUT2D eigenvalue weighted by atomic mass is 10.1. The van der Waals surface area contributed by atoms with Gasteiger partial charge in [-0.2, -0.15) is 5.10 Å². The lowest BCUT2D eigenvalue weighted by molar-refractivity contribution is -0.384. The van der Waals surface area contributed by atoms with E-state index in [0.717, 1.165) is 0 Å². The Balaban J connectivity index is 1.85. The third-order valence-electron chi connectivity index (χ3n) is 4.37. The number of furan rings is 1. The molecule has 2 aromatic carbocycles. The number of aryl methyl sites for hydroxylation is 1. The van der Waals surface area contributed by atoms with Crippen molar-refractivity contribution in [2.24, 2.45) is 5.10 Å². The Bertz CT molecular complexity index is 1190. The second-order valence-corrected chi connectivity index (χ2v) is 6.78. The molecule has 0 saturated carbocycles. The summed E-state index contributed by atoms with van der Waals surface area (Å²) in [4.78, 5) is 35.7. The fraction of sp³-hybridized carbons (Fsp3) is 0.0870. The Labute approximate surface area is 183 Å². The number of nitro benzene ring substituents is 1. The van der Waals surface area contributed by atoms with Gasteiger partial charge in [0.1, 0.15) is 22.9 Å².